The summed E-state index contributed by atoms with van der Waals surface area (Å²) in [5.74, 6) is 1.63. The molecule has 1 aliphatic rings. The summed E-state index contributed by atoms with van der Waals surface area (Å²) in [4.78, 5) is 7.16. The largest absolute Gasteiger partial charge is 0.508 e. The third-order valence-electron chi connectivity index (χ3n) is 4.80. The van der Waals surface area contributed by atoms with Gasteiger partial charge >= 0.3 is 0 Å². The first kappa shape index (κ1) is 13.9. The van der Waals surface area contributed by atoms with Gasteiger partial charge in [-0.05, 0) is 42.9 Å². The van der Waals surface area contributed by atoms with Gasteiger partial charge in [0.05, 0.1) is 5.39 Å². The number of aromatic nitrogens is 4. The molecular formula is C18H16N4OS. The molecule has 4 aromatic rings. The molecule has 5 nitrogen and oxygen atoms in total. The van der Waals surface area contributed by atoms with E-state index >= 15 is 0 Å². The minimum Gasteiger partial charge on any atom is -0.508 e. The van der Waals surface area contributed by atoms with Crippen molar-refractivity contribution in [2.45, 2.75) is 26.2 Å². The third-order valence-corrected chi connectivity index (χ3v) is 6.00. The molecule has 1 atom stereocenters. The van der Waals surface area contributed by atoms with E-state index in [4.69, 9.17) is 0 Å². The zero-order valence-corrected chi connectivity index (χ0v) is 14.0. The lowest BCUT2D eigenvalue weighted by atomic mass is 9.89. The lowest BCUT2D eigenvalue weighted by Crippen LogP contribution is -2.09. The molecule has 3 aromatic heterocycles. The average molecular weight is 336 g/mol. The molecule has 0 bridgehead atoms. The van der Waals surface area contributed by atoms with Gasteiger partial charge in [0.25, 0.3) is 0 Å². The lowest BCUT2D eigenvalue weighted by Gasteiger charge is -2.17. The quantitative estimate of drug-likeness (QED) is 0.574. The number of hydrogen-bond donors (Lipinski definition) is 1. The van der Waals surface area contributed by atoms with Crippen LogP contribution in [0, 0.1) is 5.92 Å². The van der Waals surface area contributed by atoms with Crippen LogP contribution in [0.5, 0.6) is 5.75 Å². The number of aryl methyl sites for hydroxylation is 1. The predicted octanol–water partition coefficient (Wildman–Crippen LogP) is 3.84. The number of benzene rings is 1. The van der Waals surface area contributed by atoms with Gasteiger partial charge in [-0.1, -0.05) is 19.1 Å². The number of nitrogens with zero attached hydrogens (tertiary/aromatic N) is 4. The van der Waals surface area contributed by atoms with E-state index in [1.807, 2.05) is 16.5 Å². The topological polar surface area (TPSA) is 63.3 Å². The minimum atomic E-state index is 0.222. The zero-order chi connectivity index (χ0) is 16.3. The summed E-state index contributed by atoms with van der Waals surface area (Å²) in [7, 11) is 0. The number of rotatable bonds is 1. The van der Waals surface area contributed by atoms with Crippen LogP contribution in [0.4, 0.5) is 0 Å². The minimum absolute atomic E-state index is 0.222. The van der Waals surface area contributed by atoms with E-state index in [9.17, 15) is 5.11 Å². The molecule has 1 aliphatic carbocycles. The molecule has 0 radical (unpaired) electrons. The number of aromatic hydroxyl groups is 1. The summed E-state index contributed by atoms with van der Waals surface area (Å²) in [6, 6.07) is 7.09. The van der Waals surface area contributed by atoms with Crippen molar-refractivity contribution in [1.82, 2.24) is 19.6 Å². The third kappa shape index (κ3) is 1.96. The highest BCUT2D eigenvalue weighted by molar-refractivity contribution is 7.19. The molecule has 0 saturated carbocycles. The summed E-state index contributed by atoms with van der Waals surface area (Å²) >= 11 is 1.79. The molecule has 5 rings (SSSR count). The first-order valence-electron chi connectivity index (χ1n) is 8.14. The van der Waals surface area contributed by atoms with Crippen LogP contribution in [0.3, 0.4) is 0 Å². The molecule has 24 heavy (non-hydrogen) atoms. The molecule has 0 fully saturated rings. The van der Waals surface area contributed by atoms with Crippen LogP contribution in [0.1, 0.15) is 23.8 Å². The van der Waals surface area contributed by atoms with Crippen LogP contribution in [0.2, 0.25) is 0 Å². The van der Waals surface area contributed by atoms with Crippen LogP contribution in [-0.4, -0.2) is 24.7 Å². The molecule has 1 unspecified atom stereocenters. The fourth-order valence-corrected chi connectivity index (χ4v) is 4.77. The first-order valence-corrected chi connectivity index (χ1v) is 8.96. The fourth-order valence-electron chi connectivity index (χ4n) is 3.59. The van der Waals surface area contributed by atoms with Gasteiger partial charge in [0.2, 0.25) is 0 Å². The van der Waals surface area contributed by atoms with Gasteiger partial charge in [-0.2, -0.15) is 0 Å². The first-order chi connectivity index (χ1) is 11.7. The van der Waals surface area contributed by atoms with E-state index in [0.29, 0.717) is 11.7 Å². The van der Waals surface area contributed by atoms with Crippen molar-refractivity contribution in [3.8, 4) is 17.1 Å². The number of phenols is 1. The second-order valence-electron chi connectivity index (χ2n) is 6.54. The molecule has 120 valence electrons. The highest BCUT2D eigenvalue weighted by atomic mass is 32.1. The molecule has 0 amide bonds. The van der Waals surface area contributed by atoms with Gasteiger partial charge < -0.3 is 5.11 Å². The van der Waals surface area contributed by atoms with E-state index in [-0.39, 0.29) is 5.75 Å². The predicted molar refractivity (Wildman–Crippen MR) is 94.5 cm³/mol. The Kier molecular flexibility index (Phi) is 2.91. The smallest absolute Gasteiger partial charge is 0.172 e. The summed E-state index contributed by atoms with van der Waals surface area (Å²) in [5.41, 5.74) is 3.10. The number of phenolic OH excluding ortho intramolecular Hbond substituents is 1. The van der Waals surface area contributed by atoms with Crippen molar-refractivity contribution in [2.75, 3.05) is 0 Å². The average Bonchev–Trinajstić information content (AvgIpc) is 3.15. The Morgan fingerprint density at radius 2 is 2.21 bits per heavy atom. The lowest BCUT2D eigenvalue weighted by molar-refractivity contribution is 0.475. The van der Waals surface area contributed by atoms with Crippen LogP contribution in [0.15, 0.2) is 30.6 Å². The van der Waals surface area contributed by atoms with E-state index in [1.54, 1.807) is 29.8 Å². The summed E-state index contributed by atoms with van der Waals surface area (Å²) in [6.07, 6.45) is 5.27. The van der Waals surface area contributed by atoms with Crippen LogP contribution >= 0.6 is 11.3 Å². The van der Waals surface area contributed by atoms with Crippen molar-refractivity contribution >= 4 is 27.2 Å². The van der Waals surface area contributed by atoms with E-state index in [1.165, 1.54) is 16.9 Å². The van der Waals surface area contributed by atoms with Gasteiger partial charge in [0.15, 0.2) is 11.5 Å². The second kappa shape index (κ2) is 5.01. The molecular weight excluding hydrogens is 320 g/mol. The van der Waals surface area contributed by atoms with Gasteiger partial charge in [-0.3, -0.25) is 4.40 Å². The Morgan fingerprint density at radius 3 is 3.08 bits per heavy atom. The molecule has 0 saturated heterocycles. The molecule has 6 heteroatoms. The Hall–Kier alpha value is -2.47. The van der Waals surface area contributed by atoms with E-state index < -0.39 is 0 Å². The van der Waals surface area contributed by atoms with Crippen molar-refractivity contribution in [3.63, 3.8) is 0 Å². The molecule has 3 heterocycles. The van der Waals surface area contributed by atoms with E-state index in [0.717, 1.165) is 34.3 Å². The van der Waals surface area contributed by atoms with E-state index in [2.05, 4.69) is 22.1 Å². The summed E-state index contributed by atoms with van der Waals surface area (Å²) < 4.78 is 1.93. The molecule has 0 aliphatic heterocycles. The highest BCUT2D eigenvalue weighted by Crippen LogP contribution is 2.39. The Morgan fingerprint density at radius 1 is 1.29 bits per heavy atom. The van der Waals surface area contributed by atoms with Crippen molar-refractivity contribution in [2.24, 2.45) is 5.92 Å². The van der Waals surface area contributed by atoms with Gasteiger partial charge in [-0.25, -0.2) is 4.98 Å². The maximum absolute atomic E-state index is 9.74. The normalized spacial score (nSPS) is 17.5. The Balaban J connectivity index is 1.79. The van der Waals surface area contributed by atoms with Crippen molar-refractivity contribution in [1.29, 1.82) is 0 Å². The fraction of sp³-hybridized carbons (Fsp3) is 0.278. The van der Waals surface area contributed by atoms with Crippen molar-refractivity contribution < 1.29 is 5.11 Å². The zero-order valence-electron chi connectivity index (χ0n) is 13.2. The molecule has 1 N–H and O–H groups in total. The van der Waals surface area contributed by atoms with Crippen LogP contribution in [0.25, 0.3) is 27.3 Å². The van der Waals surface area contributed by atoms with Crippen LogP contribution in [-0.2, 0) is 12.8 Å². The maximum Gasteiger partial charge on any atom is 0.172 e. The highest BCUT2D eigenvalue weighted by Gasteiger charge is 2.24. The number of hydrogen-bond acceptors (Lipinski definition) is 5. The standard InChI is InChI=1S/C18H16N4OS/c1-10-5-6-14-13(7-10)15-17-21-20-16(11-3-2-4-12(23)8-11)22(17)9-19-18(15)24-14/h2-4,8-10,23H,5-7H2,1H3. The Bertz CT molecular complexity index is 1080. The van der Waals surface area contributed by atoms with Gasteiger partial charge in [0.1, 0.15) is 16.9 Å². The SMILES string of the molecule is CC1CCc2sc3ncn4c(-c5cccc(O)c5)nnc4c3c2C1. The molecule has 0 spiro atoms. The van der Waals surface area contributed by atoms with Gasteiger partial charge in [0, 0.05) is 10.4 Å². The second-order valence-corrected chi connectivity index (χ2v) is 7.63. The number of fused-ring (bicyclic) bond motifs is 5. The Labute approximate surface area is 142 Å². The van der Waals surface area contributed by atoms with Gasteiger partial charge in [-0.15, -0.1) is 21.5 Å². The maximum atomic E-state index is 9.74. The summed E-state index contributed by atoms with van der Waals surface area (Å²) in [5, 5.41) is 19.7. The summed E-state index contributed by atoms with van der Waals surface area (Å²) in [6.45, 7) is 2.31. The number of thiophene rings is 1. The monoisotopic (exact) mass is 336 g/mol. The van der Waals surface area contributed by atoms with Crippen molar-refractivity contribution in [3.05, 3.63) is 41.0 Å². The van der Waals surface area contributed by atoms with Crippen LogP contribution < -0.4 is 0 Å². The molecule has 1 aromatic carbocycles.